The number of hydrogen-bond acceptors (Lipinski definition) is 16. The molecule has 0 saturated heterocycles. The number of aliphatic carboxylic acids is 3. The highest BCUT2D eigenvalue weighted by molar-refractivity contribution is 5.98. The minimum atomic E-state index is -1.93. The zero-order valence-corrected chi connectivity index (χ0v) is 37.5. The summed E-state index contributed by atoms with van der Waals surface area (Å²) in [6, 6.07) is -11.2. The molecule has 380 valence electrons. The fourth-order valence-electron chi connectivity index (χ4n) is 5.75. The molecule has 1 heterocycles. The molecule has 0 spiro atoms. The van der Waals surface area contributed by atoms with Gasteiger partial charge in [-0.2, -0.15) is 0 Å². The van der Waals surface area contributed by atoms with E-state index >= 15 is 0 Å². The molecule has 0 bridgehead atoms. The van der Waals surface area contributed by atoms with Crippen molar-refractivity contribution in [1.82, 2.24) is 52.5 Å². The number of aromatic nitrogens is 2. The van der Waals surface area contributed by atoms with Crippen LogP contribution in [0.3, 0.4) is 0 Å². The van der Waals surface area contributed by atoms with Gasteiger partial charge in [-0.1, -0.05) is 20.3 Å². The highest BCUT2D eigenvalue weighted by Gasteiger charge is 2.34. The van der Waals surface area contributed by atoms with E-state index in [4.69, 9.17) is 17.2 Å². The lowest BCUT2D eigenvalue weighted by atomic mass is 9.98. The summed E-state index contributed by atoms with van der Waals surface area (Å²) in [6.07, 6.45) is -1.14. The van der Waals surface area contributed by atoms with Gasteiger partial charge >= 0.3 is 17.9 Å². The average molecular weight is 971 g/mol. The van der Waals surface area contributed by atoms with Crippen molar-refractivity contribution in [2.24, 2.45) is 28.1 Å². The molecule has 68 heavy (non-hydrogen) atoms. The number of imidazole rings is 1. The van der Waals surface area contributed by atoms with Crippen LogP contribution in [0.2, 0.25) is 0 Å². The summed E-state index contributed by atoms with van der Waals surface area (Å²) in [5, 5.41) is 65.8. The van der Waals surface area contributed by atoms with Crippen LogP contribution in [0.1, 0.15) is 65.0 Å². The molecular weight excluding hydrogens is 908 g/mol. The van der Waals surface area contributed by atoms with Gasteiger partial charge in [-0.05, 0) is 32.1 Å². The zero-order valence-electron chi connectivity index (χ0n) is 37.5. The second-order valence-electron chi connectivity index (χ2n) is 15.3. The summed E-state index contributed by atoms with van der Waals surface area (Å²) < 4.78 is 0. The van der Waals surface area contributed by atoms with E-state index in [9.17, 15) is 78.3 Å². The molecule has 1 rings (SSSR count). The summed E-state index contributed by atoms with van der Waals surface area (Å²) in [4.78, 5) is 149. The standard InChI is InChI=1S/C38H62N14O16/c1-4-17(2)29(39)35(65)52-30(18(3)54)36(66)50-21(7-8-27(57)58)33(63)49-20(6-5-9-43-38(40)41)31(61)44-13-25(55)47-22(11-28(59)60)34(64)51-24(15-53)32(62)45-14-26(56)48-23(37(67)68)10-19-12-42-16-46-19/h12,16-18,20-24,29-30,53-54H,4-11,13-15,39H2,1-3H3,(H,42,46)(H,44,61)(H,45,62)(H,47,55)(H,48,56)(H,49,63)(H,50,66)(H,51,64)(H,52,65)(H,57,58)(H,59,60)(H,67,68)(H4,40,41,43)/t17-,18+,20-,21-,22-,23-,24-,29-,30-/m0/s1. The number of carbonyl (C=O) groups excluding carboxylic acids is 8. The second-order valence-corrected chi connectivity index (χ2v) is 15.3. The van der Waals surface area contributed by atoms with Crippen LogP contribution in [0.15, 0.2) is 17.5 Å². The summed E-state index contributed by atoms with van der Waals surface area (Å²) in [7, 11) is 0. The minimum absolute atomic E-state index is 0.0150. The molecule has 1 aromatic heterocycles. The van der Waals surface area contributed by atoms with Crippen molar-refractivity contribution in [2.75, 3.05) is 26.2 Å². The highest BCUT2D eigenvalue weighted by Crippen LogP contribution is 2.08. The van der Waals surface area contributed by atoms with Crippen molar-refractivity contribution in [1.29, 1.82) is 0 Å². The van der Waals surface area contributed by atoms with Crippen molar-refractivity contribution >= 4 is 71.1 Å². The van der Waals surface area contributed by atoms with Gasteiger partial charge in [0.1, 0.15) is 36.3 Å². The Balaban J connectivity index is 3.12. The molecule has 0 radical (unpaired) electrons. The van der Waals surface area contributed by atoms with Crippen molar-refractivity contribution in [3.05, 3.63) is 18.2 Å². The SMILES string of the molecule is CC[C@H](C)[C@H](N)C(=O)N[C@H](C(=O)N[C@@H](CCC(=O)O)C(=O)N[C@@H](CCCN=C(N)N)C(=O)NCC(=O)N[C@@H](CC(=O)O)C(=O)N[C@@H](CO)C(=O)NCC(=O)N[C@@H](Cc1cnc[nH]1)C(=O)O)[C@@H](C)O. The maximum Gasteiger partial charge on any atom is 0.326 e. The first-order valence-electron chi connectivity index (χ1n) is 21.0. The normalized spacial score (nSPS) is 14.8. The Kier molecular flexibility index (Phi) is 25.8. The molecule has 0 saturated carbocycles. The van der Waals surface area contributed by atoms with E-state index < -0.39 is 153 Å². The number of nitrogens with one attached hydrogen (secondary N) is 9. The third-order valence-corrected chi connectivity index (χ3v) is 9.79. The predicted molar refractivity (Wildman–Crippen MR) is 233 cm³/mol. The molecule has 0 fully saturated rings. The molecule has 0 unspecified atom stereocenters. The molecule has 20 N–H and O–H groups in total. The fraction of sp³-hybridized carbons (Fsp3) is 0.605. The van der Waals surface area contributed by atoms with Crippen molar-refractivity contribution in [3.63, 3.8) is 0 Å². The van der Waals surface area contributed by atoms with Gasteiger partial charge in [-0.15, -0.1) is 0 Å². The quantitative estimate of drug-likeness (QED) is 0.0181. The van der Waals surface area contributed by atoms with E-state index in [2.05, 4.69) is 52.2 Å². The van der Waals surface area contributed by atoms with Crippen molar-refractivity contribution in [3.8, 4) is 0 Å². The van der Waals surface area contributed by atoms with E-state index in [1.165, 1.54) is 19.4 Å². The zero-order chi connectivity index (χ0) is 51.7. The van der Waals surface area contributed by atoms with Crippen LogP contribution < -0.4 is 59.7 Å². The number of guanidine groups is 1. The van der Waals surface area contributed by atoms with E-state index in [1.54, 1.807) is 13.8 Å². The number of nitrogens with zero attached hydrogens (tertiary/aromatic N) is 2. The average Bonchev–Trinajstić information content (AvgIpc) is 3.79. The lowest BCUT2D eigenvalue weighted by Crippen LogP contribution is -2.60. The minimum Gasteiger partial charge on any atom is -0.481 e. The molecule has 30 heteroatoms. The molecule has 0 aliphatic heterocycles. The molecule has 1 aromatic rings. The molecule has 0 aromatic carbocycles. The first-order valence-corrected chi connectivity index (χ1v) is 21.0. The largest absolute Gasteiger partial charge is 0.481 e. The Bertz CT molecular complexity index is 1950. The molecule has 0 aliphatic carbocycles. The Morgan fingerprint density at radius 1 is 0.706 bits per heavy atom. The summed E-state index contributed by atoms with van der Waals surface area (Å²) in [5.74, 6) is -13.8. The number of amides is 8. The van der Waals surface area contributed by atoms with Crippen LogP contribution in [-0.2, 0) is 59.2 Å². The maximum absolute atomic E-state index is 13.6. The first-order chi connectivity index (χ1) is 31.9. The van der Waals surface area contributed by atoms with Gasteiger partial charge in [0.05, 0.1) is 44.6 Å². The maximum atomic E-state index is 13.6. The Hall–Kier alpha value is -7.47. The number of carboxylic acid groups (broad SMARTS) is 3. The summed E-state index contributed by atoms with van der Waals surface area (Å²) >= 11 is 0. The van der Waals surface area contributed by atoms with Crippen LogP contribution in [0, 0.1) is 5.92 Å². The number of hydrogen-bond donors (Lipinski definition) is 17. The van der Waals surface area contributed by atoms with Gasteiger partial charge in [0.25, 0.3) is 0 Å². The third-order valence-electron chi connectivity index (χ3n) is 9.79. The van der Waals surface area contributed by atoms with E-state index in [1.807, 2.05) is 5.32 Å². The number of aromatic amines is 1. The Morgan fingerprint density at radius 3 is 1.75 bits per heavy atom. The smallest absolute Gasteiger partial charge is 0.326 e. The number of aliphatic hydroxyl groups excluding tert-OH is 2. The van der Waals surface area contributed by atoms with Gasteiger partial charge in [0.15, 0.2) is 5.96 Å². The molecule has 8 amide bonds. The van der Waals surface area contributed by atoms with E-state index in [0.29, 0.717) is 12.1 Å². The van der Waals surface area contributed by atoms with Crippen LogP contribution in [-0.4, -0.2) is 181 Å². The Morgan fingerprint density at radius 2 is 1.25 bits per heavy atom. The number of carbonyl (C=O) groups is 11. The highest BCUT2D eigenvalue weighted by atomic mass is 16.4. The van der Waals surface area contributed by atoms with Gasteiger partial charge in [-0.3, -0.25) is 52.9 Å². The number of H-pyrrole nitrogens is 1. The molecule has 0 aliphatic rings. The van der Waals surface area contributed by atoms with E-state index in [0.717, 1.165) is 0 Å². The fourth-order valence-corrected chi connectivity index (χ4v) is 5.75. The van der Waals surface area contributed by atoms with Gasteiger partial charge in [0.2, 0.25) is 47.3 Å². The van der Waals surface area contributed by atoms with Crippen molar-refractivity contribution < 1.29 is 78.3 Å². The predicted octanol–water partition coefficient (Wildman–Crippen LogP) is -7.68. The van der Waals surface area contributed by atoms with Gasteiger partial charge in [0, 0.05) is 31.3 Å². The number of rotatable bonds is 32. The topological polar surface area (TPSA) is 504 Å². The van der Waals surface area contributed by atoms with Crippen LogP contribution in [0.25, 0.3) is 0 Å². The van der Waals surface area contributed by atoms with Gasteiger partial charge < -0.3 is 90.3 Å². The summed E-state index contributed by atoms with van der Waals surface area (Å²) in [5.41, 5.74) is 17.0. The Labute approximate surface area is 388 Å². The number of carboxylic acids is 3. The van der Waals surface area contributed by atoms with Crippen LogP contribution >= 0.6 is 0 Å². The lowest BCUT2D eigenvalue weighted by Gasteiger charge is -2.27. The van der Waals surface area contributed by atoms with E-state index in [-0.39, 0.29) is 37.7 Å². The van der Waals surface area contributed by atoms with Crippen LogP contribution in [0.5, 0.6) is 0 Å². The van der Waals surface area contributed by atoms with Gasteiger partial charge in [-0.25, -0.2) is 9.78 Å². The first kappa shape index (κ1) is 58.5. The molecular formula is C38H62N14O16. The van der Waals surface area contributed by atoms with Crippen molar-refractivity contribution in [2.45, 2.75) is 114 Å². The van der Waals surface area contributed by atoms with Crippen LogP contribution in [0.4, 0.5) is 0 Å². The number of nitrogens with two attached hydrogens (primary N) is 3. The number of aliphatic imine (C=N–C) groups is 1. The molecule has 30 nitrogen and oxygen atoms in total. The monoisotopic (exact) mass is 970 g/mol. The summed E-state index contributed by atoms with van der Waals surface area (Å²) in [6.45, 7) is 1.67. The second kappa shape index (κ2) is 29.9. The number of aliphatic hydroxyl groups is 2. The molecule has 9 atom stereocenters. The lowest BCUT2D eigenvalue weighted by molar-refractivity contribution is -0.141. The third kappa shape index (κ3) is 22.1.